The number of carboxylic acid groups (broad SMARTS) is 2. The number of unbranched alkanes of at least 4 members (excludes halogenated alkanes) is 16. The molecule has 0 aromatic rings. The fourth-order valence-corrected chi connectivity index (χ4v) is 7.65. The molecule has 0 aliphatic heterocycles. The average Bonchev–Trinajstić information content (AvgIpc) is 3.33. The maximum Gasteiger partial charge on any atom is 0.319 e. The van der Waals surface area contributed by atoms with Gasteiger partial charge in [0.15, 0.2) is 5.92 Å². The van der Waals surface area contributed by atoms with Crippen molar-refractivity contribution in [2.24, 2.45) is 17.1 Å². The van der Waals surface area contributed by atoms with Gasteiger partial charge in [-0.1, -0.05) is 129 Å². The van der Waals surface area contributed by atoms with Crippen LogP contribution in [0.15, 0.2) is 0 Å². The zero-order valence-electron chi connectivity index (χ0n) is 43.4. The average molecular weight is 997 g/mol. The number of carboxylic acids is 2. The molecule has 0 saturated carbocycles. The summed E-state index contributed by atoms with van der Waals surface area (Å²) in [5.74, 6) is -5.26. The van der Waals surface area contributed by atoms with Crippen LogP contribution in [0.4, 0.5) is 0 Å². The van der Waals surface area contributed by atoms with Crippen molar-refractivity contribution in [2.75, 3.05) is 158 Å². The van der Waals surface area contributed by atoms with Crippen molar-refractivity contribution < 1.29 is 76.7 Å². The number of carbonyl (C=O) groups excluding carboxylic acids is 1. The van der Waals surface area contributed by atoms with Crippen molar-refractivity contribution in [1.82, 2.24) is 5.32 Å². The lowest BCUT2D eigenvalue weighted by atomic mass is 9.67. The lowest BCUT2D eigenvalue weighted by Crippen LogP contribution is -2.52. The Morgan fingerprint density at radius 3 is 0.855 bits per heavy atom. The summed E-state index contributed by atoms with van der Waals surface area (Å²) >= 11 is 0. The third kappa shape index (κ3) is 43.3. The second-order valence-corrected chi connectivity index (χ2v) is 17.2. The van der Waals surface area contributed by atoms with E-state index in [2.05, 4.69) is 19.2 Å². The highest BCUT2D eigenvalue weighted by Crippen LogP contribution is 2.41. The van der Waals surface area contributed by atoms with Gasteiger partial charge in [-0.05, 0) is 12.8 Å². The second-order valence-electron chi connectivity index (χ2n) is 17.2. The number of nitrogens with two attached hydrogens (primary N) is 1. The molecule has 0 fully saturated rings. The van der Waals surface area contributed by atoms with Gasteiger partial charge in [0.2, 0.25) is 5.91 Å². The summed E-state index contributed by atoms with van der Waals surface area (Å²) in [4.78, 5) is 39.0. The molecule has 0 atom stereocenters. The van der Waals surface area contributed by atoms with Gasteiger partial charge in [0.25, 0.3) is 0 Å². The Morgan fingerprint density at radius 1 is 0.377 bits per heavy atom. The topological polar surface area (TPSA) is 231 Å². The minimum atomic E-state index is -1.82. The van der Waals surface area contributed by atoms with E-state index in [1.54, 1.807) is 0 Å². The van der Waals surface area contributed by atoms with E-state index < -0.39 is 29.2 Å². The van der Waals surface area contributed by atoms with Gasteiger partial charge in [0.05, 0.1) is 151 Å². The molecule has 0 radical (unpaired) electrons. The van der Waals surface area contributed by atoms with Crippen molar-refractivity contribution in [3.63, 3.8) is 0 Å². The van der Waals surface area contributed by atoms with Crippen LogP contribution in [0, 0.1) is 11.3 Å². The third-order valence-corrected chi connectivity index (χ3v) is 11.5. The Balaban J connectivity index is 4.13. The predicted octanol–water partition coefficient (Wildman–Crippen LogP) is 6.86. The zero-order valence-corrected chi connectivity index (χ0v) is 43.4. The van der Waals surface area contributed by atoms with Crippen LogP contribution in [0.2, 0.25) is 0 Å². The molecule has 69 heavy (non-hydrogen) atoms. The Labute approximate surface area is 416 Å². The van der Waals surface area contributed by atoms with Crippen LogP contribution >= 0.6 is 0 Å². The van der Waals surface area contributed by atoms with E-state index in [0.29, 0.717) is 158 Å². The largest absolute Gasteiger partial charge is 0.481 e. The van der Waals surface area contributed by atoms with Crippen LogP contribution in [-0.2, 0) is 66.5 Å². The van der Waals surface area contributed by atoms with Crippen LogP contribution in [0.1, 0.15) is 142 Å². The maximum atomic E-state index is 14.0. The molecule has 0 aliphatic carbocycles. The Kier molecular flexibility index (Phi) is 52.1. The first kappa shape index (κ1) is 66.9. The quantitative estimate of drug-likeness (QED) is 0.0360. The van der Waals surface area contributed by atoms with Crippen LogP contribution < -0.4 is 11.1 Å². The van der Waals surface area contributed by atoms with Crippen LogP contribution in [0.5, 0.6) is 0 Å². The van der Waals surface area contributed by atoms with Gasteiger partial charge in [-0.2, -0.15) is 0 Å². The van der Waals surface area contributed by atoms with Crippen LogP contribution in [0.25, 0.3) is 0 Å². The Morgan fingerprint density at radius 2 is 0.609 bits per heavy atom. The fourth-order valence-electron chi connectivity index (χ4n) is 7.65. The minimum Gasteiger partial charge on any atom is -0.481 e. The van der Waals surface area contributed by atoms with Crippen LogP contribution in [-0.4, -0.2) is 186 Å². The third-order valence-electron chi connectivity index (χ3n) is 11.5. The number of nitrogens with one attached hydrogen (secondary N) is 1. The first-order valence-corrected chi connectivity index (χ1v) is 26.7. The van der Waals surface area contributed by atoms with Crippen molar-refractivity contribution in [3.05, 3.63) is 0 Å². The molecule has 0 rings (SSSR count). The summed E-state index contributed by atoms with van der Waals surface area (Å²) in [6, 6.07) is 0. The van der Waals surface area contributed by atoms with E-state index in [4.69, 9.17) is 57.8 Å². The monoisotopic (exact) mass is 997 g/mol. The number of hydrogen-bond donors (Lipinski definition) is 4. The molecule has 0 saturated heterocycles. The number of rotatable bonds is 59. The van der Waals surface area contributed by atoms with Crippen LogP contribution in [0.3, 0.4) is 0 Å². The molecule has 1 amide bonds. The van der Waals surface area contributed by atoms with Gasteiger partial charge in [0, 0.05) is 13.1 Å². The summed E-state index contributed by atoms with van der Waals surface area (Å²) in [7, 11) is 0. The molecule has 18 nitrogen and oxygen atoms in total. The molecule has 0 aliphatic rings. The molecule has 0 aromatic heterocycles. The normalized spacial score (nSPS) is 11.8. The van der Waals surface area contributed by atoms with Crippen molar-refractivity contribution in [2.45, 2.75) is 142 Å². The molecule has 0 bridgehead atoms. The van der Waals surface area contributed by atoms with E-state index in [-0.39, 0.29) is 26.0 Å². The molecule has 0 unspecified atom stereocenters. The summed E-state index contributed by atoms with van der Waals surface area (Å²) < 4.78 is 60.4. The summed E-state index contributed by atoms with van der Waals surface area (Å²) in [6.07, 6.45) is 19.6. The van der Waals surface area contributed by atoms with Crippen molar-refractivity contribution >= 4 is 17.8 Å². The van der Waals surface area contributed by atoms with Gasteiger partial charge >= 0.3 is 11.9 Å². The zero-order chi connectivity index (χ0) is 50.4. The predicted molar refractivity (Wildman–Crippen MR) is 266 cm³/mol. The molecule has 5 N–H and O–H groups in total. The lowest BCUT2D eigenvalue weighted by molar-refractivity contribution is -0.167. The summed E-state index contributed by atoms with van der Waals surface area (Å²) in [5, 5.41) is 23.2. The summed E-state index contributed by atoms with van der Waals surface area (Å²) in [5.41, 5.74) is 3.81. The lowest BCUT2D eigenvalue weighted by Gasteiger charge is -2.36. The van der Waals surface area contributed by atoms with Gasteiger partial charge in [-0.25, -0.2) is 0 Å². The van der Waals surface area contributed by atoms with E-state index in [9.17, 15) is 24.6 Å². The number of carbonyl (C=O) groups is 3. The molecule has 0 aromatic carbocycles. The highest BCUT2D eigenvalue weighted by Gasteiger charge is 2.52. The molecule has 0 heterocycles. The van der Waals surface area contributed by atoms with Gasteiger partial charge in [-0.3, -0.25) is 14.4 Å². The highest BCUT2D eigenvalue weighted by molar-refractivity contribution is 6.00. The standard InChI is InChI=1S/C51H100N2O16/c1-3-5-7-9-11-13-15-17-19-21-51(47(48(54)55)49(56)57,22-20-18-16-14-12-10-8-6-4-2)50(58)53-24-26-60-28-30-62-32-34-64-36-38-66-40-42-68-44-46-69-45-43-67-41-39-65-37-35-63-33-31-61-29-27-59-25-23-52/h47H,3-46,52H2,1-2H3,(H,53,58)(H,54,55)(H,56,57). The van der Waals surface area contributed by atoms with E-state index in [1.165, 1.54) is 51.4 Å². The summed E-state index contributed by atoms with van der Waals surface area (Å²) in [6.45, 7) is 14.9. The first-order valence-electron chi connectivity index (χ1n) is 26.7. The molecular weight excluding hydrogens is 897 g/mol. The van der Waals surface area contributed by atoms with E-state index >= 15 is 0 Å². The maximum absolute atomic E-state index is 14.0. The number of aliphatic carboxylic acids is 2. The number of amides is 1. The van der Waals surface area contributed by atoms with Gasteiger partial charge in [-0.15, -0.1) is 0 Å². The minimum absolute atomic E-state index is 0.140. The highest BCUT2D eigenvalue weighted by atomic mass is 16.6. The molecule has 18 heteroatoms. The smallest absolute Gasteiger partial charge is 0.319 e. The first-order chi connectivity index (χ1) is 33.9. The Bertz CT molecular complexity index is 1070. The van der Waals surface area contributed by atoms with Gasteiger partial charge < -0.3 is 73.4 Å². The van der Waals surface area contributed by atoms with Crippen molar-refractivity contribution in [1.29, 1.82) is 0 Å². The fraction of sp³-hybridized carbons (Fsp3) is 0.941. The molecule has 0 spiro atoms. The number of ether oxygens (including phenoxy) is 11. The SMILES string of the molecule is CCCCCCCCCCCC(CCCCCCCCCCC)(C(=O)NCCOCCOCCOCCOCCOCCOCCOCCOCCOCCOCCOCCN)C(C(=O)O)C(=O)O. The van der Waals surface area contributed by atoms with Gasteiger partial charge in [0.1, 0.15) is 0 Å². The Hall–Kier alpha value is -2.07. The molecular formula is C51H100N2O16. The second kappa shape index (κ2) is 53.7. The van der Waals surface area contributed by atoms with E-state index in [1.807, 2.05) is 0 Å². The van der Waals surface area contributed by atoms with Crippen molar-refractivity contribution in [3.8, 4) is 0 Å². The molecule has 410 valence electrons. The van der Waals surface area contributed by atoms with E-state index in [0.717, 1.165) is 51.4 Å². The number of hydrogen-bond acceptors (Lipinski definition) is 15.